The van der Waals surface area contributed by atoms with Crippen LogP contribution in [0.1, 0.15) is 19.6 Å². The van der Waals surface area contributed by atoms with Crippen LogP contribution in [0.5, 0.6) is 0 Å². The van der Waals surface area contributed by atoms with Gasteiger partial charge in [0, 0.05) is 6.04 Å². The van der Waals surface area contributed by atoms with Gasteiger partial charge in [0.25, 0.3) is 0 Å². The van der Waals surface area contributed by atoms with E-state index in [1.54, 1.807) is 12.3 Å². The van der Waals surface area contributed by atoms with Gasteiger partial charge >= 0.3 is 6.03 Å². The molecule has 0 saturated carbocycles. The number of carbonyl (C=O) groups is 1. The molecule has 0 radical (unpaired) electrons. The largest absolute Gasteiger partial charge is 0.461 e. The van der Waals surface area contributed by atoms with Crippen molar-refractivity contribution >= 4 is 6.03 Å². The first-order valence-corrected chi connectivity index (χ1v) is 5.82. The maximum absolute atomic E-state index is 11.4. The maximum Gasteiger partial charge on any atom is 0.315 e. The van der Waals surface area contributed by atoms with Crippen LogP contribution in [0.3, 0.4) is 0 Å². The quantitative estimate of drug-likeness (QED) is 0.874. The summed E-state index contributed by atoms with van der Waals surface area (Å²) in [4.78, 5) is 11.4. The van der Waals surface area contributed by atoms with Crippen LogP contribution in [0.25, 0.3) is 11.5 Å². The Labute approximate surface area is 105 Å². The molecule has 2 heterocycles. The second kappa shape index (κ2) is 5.44. The highest BCUT2D eigenvalue weighted by Gasteiger charge is 2.08. The first-order valence-electron chi connectivity index (χ1n) is 5.82. The molecule has 96 valence electrons. The second-order valence-corrected chi connectivity index (χ2v) is 4.22. The number of carbonyl (C=O) groups excluding carboxylic acids is 1. The normalized spacial score (nSPS) is 10.6. The highest BCUT2D eigenvalue weighted by molar-refractivity contribution is 5.74. The molecule has 0 unspecified atom stereocenters. The highest BCUT2D eigenvalue weighted by atomic mass is 16.4. The summed E-state index contributed by atoms with van der Waals surface area (Å²) in [6, 6.07) is 7.15. The van der Waals surface area contributed by atoms with Crippen LogP contribution in [0.2, 0.25) is 0 Å². The molecule has 2 aromatic rings. The van der Waals surface area contributed by atoms with Gasteiger partial charge in [-0.25, -0.2) is 4.79 Å². The molecule has 2 N–H and O–H groups in total. The van der Waals surface area contributed by atoms with Crippen LogP contribution in [0.15, 0.2) is 39.4 Å². The van der Waals surface area contributed by atoms with E-state index in [9.17, 15) is 4.79 Å². The number of urea groups is 1. The molecule has 0 fully saturated rings. The summed E-state index contributed by atoms with van der Waals surface area (Å²) in [5.41, 5.74) is 0. The summed E-state index contributed by atoms with van der Waals surface area (Å²) >= 11 is 0. The first kappa shape index (κ1) is 12.3. The lowest BCUT2D eigenvalue weighted by atomic mass is 10.3. The predicted octanol–water partition coefficient (Wildman–Crippen LogP) is 2.75. The highest BCUT2D eigenvalue weighted by Crippen LogP contribution is 2.22. The van der Waals surface area contributed by atoms with Gasteiger partial charge in [0.2, 0.25) is 0 Å². The van der Waals surface area contributed by atoms with Gasteiger partial charge in [-0.3, -0.25) is 0 Å². The second-order valence-electron chi connectivity index (χ2n) is 4.22. The van der Waals surface area contributed by atoms with Gasteiger partial charge in [-0.15, -0.1) is 0 Å². The lowest BCUT2D eigenvalue weighted by molar-refractivity contribution is 0.237. The van der Waals surface area contributed by atoms with Crippen molar-refractivity contribution < 1.29 is 13.6 Å². The number of hydrogen-bond acceptors (Lipinski definition) is 3. The van der Waals surface area contributed by atoms with Crippen molar-refractivity contribution in [3.63, 3.8) is 0 Å². The topological polar surface area (TPSA) is 67.4 Å². The van der Waals surface area contributed by atoms with Crippen LogP contribution < -0.4 is 10.6 Å². The van der Waals surface area contributed by atoms with Crippen molar-refractivity contribution in [1.82, 2.24) is 10.6 Å². The Hall–Kier alpha value is -2.17. The van der Waals surface area contributed by atoms with Crippen molar-refractivity contribution in [2.24, 2.45) is 0 Å². The maximum atomic E-state index is 11.4. The summed E-state index contributed by atoms with van der Waals surface area (Å²) in [6.45, 7) is 4.15. The number of amides is 2. The molecule has 5 nitrogen and oxygen atoms in total. The van der Waals surface area contributed by atoms with Gasteiger partial charge in [-0.2, -0.15) is 0 Å². The number of rotatable bonds is 4. The molecular weight excluding hydrogens is 232 g/mol. The Morgan fingerprint density at radius 1 is 1.28 bits per heavy atom. The molecule has 2 amide bonds. The predicted molar refractivity (Wildman–Crippen MR) is 66.9 cm³/mol. The van der Waals surface area contributed by atoms with Crippen molar-refractivity contribution in [1.29, 1.82) is 0 Å². The minimum atomic E-state index is -0.207. The fourth-order valence-electron chi connectivity index (χ4n) is 1.50. The SMILES string of the molecule is CC(C)NC(=O)NCc1ccc(-c2ccco2)o1. The van der Waals surface area contributed by atoms with Gasteiger partial charge in [-0.05, 0) is 38.1 Å². The summed E-state index contributed by atoms with van der Waals surface area (Å²) in [5, 5.41) is 5.45. The van der Waals surface area contributed by atoms with E-state index >= 15 is 0 Å². The van der Waals surface area contributed by atoms with Crippen molar-refractivity contribution in [3.05, 3.63) is 36.3 Å². The Morgan fingerprint density at radius 2 is 2.11 bits per heavy atom. The van der Waals surface area contributed by atoms with Crippen molar-refractivity contribution in [2.45, 2.75) is 26.4 Å². The van der Waals surface area contributed by atoms with E-state index < -0.39 is 0 Å². The minimum Gasteiger partial charge on any atom is -0.461 e. The van der Waals surface area contributed by atoms with Crippen LogP contribution >= 0.6 is 0 Å². The summed E-state index contributed by atoms with van der Waals surface area (Å²) < 4.78 is 10.8. The van der Waals surface area contributed by atoms with E-state index in [1.807, 2.05) is 32.0 Å². The molecule has 0 saturated heterocycles. The molecule has 0 bridgehead atoms. The van der Waals surface area contributed by atoms with E-state index in [-0.39, 0.29) is 12.1 Å². The van der Waals surface area contributed by atoms with Gasteiger partial charge in [-0.1, -0.05) is 0 Å². The summed E-state index contributed by atoms with van der Waals surface area (Å²) in [5.74, 6) is 2.01. The van der Waals surface area contributed by atoms with Crippen LogP contribution in [0, 0.1) is 0 Å². The third-order valence-corrected chi connectivity index (χ3v) is 2.27. The lowest BCUT2D eigenvalue weighted by Gasteiger charge is -2.08. The molecule has 0 atom stereocenters. The fourth-order valence-corrected chi connectivity index (χ4v) is 1.50. The number of hydrogen-bond donors (Lipinski definition) is 2. The van der Waals surface area contributed by atoms with E-state index in [4.69, 9.17) is 8.83 Å². The number of nitrogens with one attached hydrogen (secondary N) is 2. The molecule has 0 aliphatic carbocycles. The zero-order valence-electron chi connectivity index (χ0n) is 10.4. The van der Waals surface area contributed by atoms with Crippen LogP contribution in [-0.4, -0.2) is 12.1 Å². The molecular formula is C13H16N2O3. The average molecular weight is 248 g/mol. The van der Waals surface area contributed by atoms with Crippen LogP contribution in [0.4, 0.5) is 4.79 Å². The first-order chi connectivity index (χ1) is 8.65. The zero-order chi connectivity index (χ0) is 13.0. The smallest absolute Gasteiger partial charge is 0.315 e. The zero-order valence-corrected chi connectivity index (χ0v) is 10.4. The Bertz CT molecular complexity index is 500. The third kappa shape index (κ3) is 3.16. The third-order valence-electron chi connectivity index (χ3n) is 2.27. The fraction of sp³-hybridized carbons (Fsp3) is 0.308. The summed E-state index contributed by atoms with van der Waals surface area (Å²) in [6.07, 6.45) is 1.59. The monoisotopic (exact) mass is 248 g/mol. The molecule has 2 aromatic heterocycles. The molecule has 0 aromatic carbocycles. The number of furan rings is 2. The standard InChI is InChI=1S/C13H16N2O3/c1-9(2)15-13(16)14-8-10-5-6-12(18-10)11-4-3-7-17-11/h3-7,9H,8H2,1-2H3,(H2,14,15,16). The van der Waals surface area contributed by atoms with Crippen molar-refractivity contribution in [3.8, 4) is 11.5 Å². The van der Waals surface area contributed by atoms with E-state index in [0.717, 1.165) is 0 Å². The van der Waals surface area contributed by atoms with Gasteiger partial charge < -0.3 is 19.5 Å². The Kier molecular flexibility index (Phi) is 3.72. The summed E-state index contributed by atoms with van der Waals surface area (Å²) in [7, 11) is 0. The molecule has 5 heteroatoms. The Morgan fingerprint density at radius 3 is 2.78 bits per heavy atom. The minimum absolute atomic E-state index is 0.111. The van der Waals surface area contributed by atoms with Gasteiger partial charge in [0.15, 0.2) is 11.5 Å². The molecule has 0 aliphatic heterocycles. The molecule has 2 rings (SSSR count). The van der Waals surface area contributed by atoms with E-state index in [2.05, 4.69) is 10.6 Å². The van der Waals surface area contributed by atoms with E-state index in [1.165, 1.54) is 0 Å². The van der Waals surface area contributed by atoms with Crippen molar-refractivity contribution in [2.75, 3.05) is 0 Å². The van der Waals surface area contributed by atoms with Crippen LogP contribution in [-0.2, 0) is 6.54 Å². The van der Waals surface area contributed by atoms with E-state index in [0.29, 0.717) is 23.8 Å². The Balaban J connectivity index is 1.89. The average Bonchev–Trinajstić information content (AvgIpc) is 2.96. The molecule has 0 aliphatic rings. The lowest BCUT2D eigenvalue weighted by Crippen LogP contribution is -2.38. The molecule has 0 spiro atoms. The van der Waals surface area contributed by atoms with Gasteiger partial charge in [0.1, 0.15) is 5.76 Å². The molecule has 18 heavy (non-hydrogen) atoms. The van der Waals surface area contributed by atoms with Gasteiger partial charge in [0.05, 0.1) is 12.8 Å².